The lowest BCUT2D eigenvalue weighted by molar-refractivity contribution is -0.132. The molecule has 1 heterocycles. The third-order valence-electron chi connectivity index (χ3n) is 5.05. The fourth-order valence-electron chi connectivity index (χ4n) is 3.07. The normalized spacial score (nSPS) is 19.7. The van der Waals surface area contributed by atoms with Crippen LogP contribution in [0, 0.1) is 5.92 Å². The molecule has 130 valence electrons. The third-order valence-corrected chi connectivity index (χ3v) is 5.30. The van der Waals surface area contributed by atoms with E-state index in [2.05, 4.69) is 19.2 Å². The number of nitrogens with zero attached hydrogens (tertiary/aromatic N) is 1. The molecule has 1 amide bonds. The van der Waals surface area contributed by atoms with Crippen molar-refractivity contribution in [1.82, 2.24) is 10.2 Å². The van der Waals surface area contributed by atoms with Crippen molar-refractivity contribution in [3.63, 3.8) is 0 Å². The number of amides is 1. The van der Waals surface area contributed by atoms with Crippen molar-refractivity contribution < 1.29 is 4.79 Å². The molecule has 0 bridgehead atoms. The van der Waals surface area contributed by atoms with Crippen LogP contribution in [0.5, 0.6) is 0 Å². The van der Waals surface area contributed by atoms with Crippen LogP contribution in [0.4, 0.5) is 0 Å². The molecule has 1 saturated heterocycles. The van der Waals surface area contributed by atoms with Gasteiger partial charge in [-0.3, -0.25) is 4.79 Å². The molecule has 0 saturated carbocycles. The Balaban J connectivity index is 0.00000264. The van der Waals surface area contributed by atoms with Crippen molar-refractivity contribution >= 4 is 29.9 Å². The van der Waals surface area contributed by atoms with Gasteiger partial charge in [0.15, 0.2) is 0 Å². The molecule has 1 N–H and O–H groups in total. The monoisotopic (exact) mass is 358 g/mol. The summed E-state index contributed by atoms with van der Waals surface area (Å²) in [5, 5.41) is 4.10. The number of carbonyl (C=O) groups is 1. The minimum absolute atomic E-state index is 0. The standard InChI is InChI=1S/C18H27ClN2O.ClH/c1-13(16-5-7-17(19)8-6-16)14(2)21(3)18(22)9-4-15-10-11-20-12-15;/h5-8,13-15,20H,4,9-12H2,1-3H3;1H. The number of carbonyl (C=O) groups excluding carboxylic acids is 1. The van der Waals surface area contributed by atoms with Crippen LogP contribution in [0.1, 0.15) is 44.6 Å². The van der Waals surface area contributed by atoms with Crippen molar-refractivity contribution in [3.05, 3.63) is 34.9 Å². The van der Waals surface area contributed by atoms with Crippen LogP contribution >= 0.6 is 24.0 Å². The zero-order valence-corrected chi connectivity index (χ0v) is 15.8. The molecule has 0 aromatic heterocycles. The Hall–Kier alpha value is -0.770. The van der Waals surface area contributed by atoms with E-state index in [1.807, 2.05) is 36.2 Å². The van der Waals surface area contributed by atoms with Gasteiger partial charge in [-0.25, -0.2) is 0 Å². The molecule has 0 aliphatic carbocycles. The van der Waals surface area contributed by atoms with E-state index in [0.29, 0.717) is 18.3 Å². The minimum atomic E-state index is 0. The van der Waals surface area contributed by atoms with Gasteiger partial charge in [0.2, 0.25) is 5.91 Å². The van der Waals surface area contributed by atoms with E-state index < -0.39 is 0 Å². The second-order valence-corrected chi connectivity index (χ2v) is 6.92. The predicted octanol–water partition coefficient (Wildman–Crippen LogP) is 4.10. The zero-order valence-electron chi connectivity index (χ0n) is 14.2. The quantitative estimate of drug-likeness (QED) is 0.829. The average Bonchev–Trinajstić information content (AvgIpc) is 3.04. The molecule has 2 rings (SSSR count). The highest BCUT2D eigenvalue weighted by Gasteiger charge is 2.23. The van der Waals surface area contributed by atoms with Crippen LogP contribution in [0.25, 0.3) is 0 Å². The lowest BCUT2D eigenvalue weighted by Crippen LogP contribution is -2.38. The van der Waals surface area contributed by atoms with Gasteiger partial charge in [0, 0.05) is 30.5 Å². The fourth-order valence-corrected chi connectivity index (χ4v) is 3.20. The first-order chi connectivity index (χ1) is 10.5. The number of hydrogen-bond acceptors (Lipinski definition) is 2. The van der Waals surface area contributed by atoms with E-state index in [0.717, 1.165) is 24.5 Å². The highest BCUT2D eigenvalue weighted by atomic mass is 35.5. The summed E-state index contributed by atoms with van der Waals surface area (Å²) in [6.45, 7) is 6.44. The van der Waals surface area contributed by atoms with Crippen molar-refractivity contribution in [2.24, 2.45) is 5.92 Å². The van der Waals surface area contributed by atoms with Gasteiger partial charge in [-0.15, -0.1) is 12.4 Å². The van der Waals surface area contributed by atoms with Crippen LogP contribution in [0.15, 0.2) is 24.3 Å². The number of rotatable bonds is 6. The Bertz CT molecular complexity index is 486. The van der Waals surface area contributed by atoms with Crippen LogP contribution in [-0.4, -0.2) is 37.0 Å². The Morgan fingerprint density at radius 2 is 2.00 bits per heavy atom. The Morgan fingerprint density at radius 3 is 2.57 bits per heavy atom. The average molecular weight is 359 g/mol. The molecule has 0 spiro atoms. The van der Waals surface area contributed by atoms with Crippen molar-refractivity contribution in [2.45, 2.75) is 45.1 Å². The van der Waals surface area contributed by atoms with E-state index >= 15 is 0 Å². The summed E-state index contributed by atoms with van der Waals surface area (Å²) < 4.78 is 0. The minimum Gasteiger partial charge on any atom is -0.342 e. The maximum Gasteiger partial charge on any atom is 0.222 e. The van der Waals surface area contributed by atoms with Crippen LogP contribution < -0.4 is 5.32 Å². The van der Waals surface area contributed by atoms with E-state index in [-0.39, 0.29) is 24.4 Å². The Morgan fingerprint density at radius 1 is 1.35 bits per heavy atom. The molecule has 3 nitrogen and oxygen atoms in total. The maximum atomic E-state index is 12.4. The molecule has 0 radical (unpaired) electrons. The fraction of sp³-hybridized carbons (Fsp3) is 0.611. The van der Waals surface area contributed by atoms with Crippen LogP contribution in [-0.2, 0) is 4.79 Å². The molecule has 1 aliphatic rings. The van der Waals surface area contributed by atoms with E-state index in [1.54, 1.807) is 0 Å². The van der Waals surface area contributed by atoms with Gasteiger partial charge in [0.1, 0.15) is 0 Å². The van der Waals surface area contributed by atoms with Gasteiger partial charge in [-0.1, -0.05) is 30.7 Å². The van der Waals surface area contributed by atoms with Crippen molar-refractivity contribution in [1.29, 1.82) is 0 Å². The maximum absolute atomic E-state index is 12.4. The van der Waals surface area contributed by atoms with Gasteiger partial charge < -0.3 is 10.2 Å². The summed E-state index contributed by atoms with van der Waals surface area (Å²) in [5.41, 5.74) is 1.22. The lowest BCUT2D eigenvalue weighted by atomic mass is 9.93. The first-order valence-corrected chi connectivity index (χ1v) is 8.58. The van der Waals surface area contributed by atoms with Gasteiger partial charge in [0.25, 0.3) is 0 Å². The van der Waals surface area contributed by atoms with E-state index in [9.17, 15) is 4.79 Å². The Labute approximate surface area is 151 Å². The van der Waals surface area contributed by atoms with E-state index in [1.165, 1.54) is 12.0 Å². The summed E-state index contributed by atoms with van der Waals surface area (Å²) in [7, 11) is 1.92. The molecular formula is C18H28Cl2N2O. The molecule has 1 aliphatic heterocycles. The molecular weight excluding hydrogens is 331 g/mol. The second-order valence-electron chi connectivity index (χ2n) is 6.48. The smallest absolute Gasteiger partial charge is 0.222 e. The topological polar surface area (TPSA) is 32.3 Å². The summed E-state index contributed by atoms with van der Waals surface area (Å²) in [6, 6.07) is 8.10. The first kappa shape index (κ1) is 20.3. The number of hydrogen-bond donors (Lipinski definition) is 1. The van der Waals surface area contributed by atoms with Gasteiger partial charge in [-0.2, -0.15) is 0 Å². The summed E-state index contributed by atoms with van der Waals surface area (Å²) >= 11 is 5.94. The SMILES string of the molecule is CC(c1ccc(Cl)cc1)C(C)N(C)C(=O)CCC1CCNC1.Cl. The van der Waals surface area contributed by atoms with Crippen molar-refractivity contribution in [2.75, 3.05) is 20.1 Å². The summed E-state index contributed by atoms with van der Waals surface area (Å²) in [6.07, 6.45) is 2.85. The van der Waals surface area contributed by atoms with Gasteiger partial charge in [0.05, 0.1) is 0 Å². The number of halogens is 2. The van der Waals surface area contributed by atoms with Gasteiger partial charge >= 0.3 is 0 Å². The molecule has 3 atom stereocenters. The molecule has 23 heavy (non-hydrogen) atoms. The molecule has 1 aromatic carbocycles. The molecule has 3 unspecified atom stereocenters. The second kappa shape index (κ2) is 9.51. The molecule has 5 heteroatoms. The predicted molar refractivity (Wildman–Crippen MR) is 99.6 cm³/mol. The summed E-state index contributed by atoms with van der Waals surface area (Å²) in [4.78, 5) is 14.3. The van der Waals surface area contributed by atoms with Gasteiger partial charge in [-0.05, 0) is 56.5 Å². The highest BCUT2D eigenvalue weighted by Crippen LogP contribution is 2.25. The number of benzene rings is 1. The molecule has 1 aromatic rings. The summed E-state index contributed by atoms with van der Waals surface area (Å²) in [5.74, 6) is 1.21. The molecule has 1 fully saturated rings. The lowest BCUT2D eigenvalue weighted by Gasteiger charge is -2.30. The number of likely N-dealkylation sites (N-methyl/N-ethyl adjacent to an activating group) is 1. The van der Waals surface area contributed by atoms with E-state index in [4.69, 9.17) is 11.6 Å². The van der Waals surface area contributed by atoms with Crippen molar-refractivity contribution in [3.8, 4) is 0 Å². The zero-order chi connectivity index (χ0) is 16.1. The number of nitrogens with one attached hydrogen (secondary N) is 1. The van der Waals surface area contributed by atoms with Crippen LogP contribution in [0.2, 0.25) is 5.02 Å². The highest BCUT2D eigenvalue weighted by molar-refractivity contribution is 6.30. The first-order valence-electron chi connectivity index (χ1n) is 8.21. The largest absolute Gasteiger partial charge is 0.342 e. The van der Waals surface area contributed by atoms with Crippen LogP contribution in [0.3, 0.4) is 0 Å². The third kappa shape index (κ3) is 5.66. The Kier molecular flexibility index (Phi) is 8.38.